The molecular formula is C17H16ClN3O3S3. The van der Waals surface area contributed by atoms with Crippen molar-refractivity contribution in [1.29, 1.82) is 0 Å². The van der Waals surface area contributed by atoms with Crippen LogP contribution < -0.4 is 5.32 Å². The summed E-state index contributed by atoms with van der Waals surface area (Å²) in [5.74, 6) is -0.618. The van der Waals surface area contributed by atoms with Gasteiger partial charge in [0.2, 0.25) is 5.91 Å². The van der Waals surface area contributed by atoms with Gasteiger partial charge in [-0.3, -0.25) is 4.79 Å². The van der Waals surface area contributed by atoms with Crippen LogP contribution in [0.3, 0.4) is 0 Å². The lowest BCUT2D eigenvalue weighted by Crippen LogP contribution is -2.43. The third kappa shape index (κ3) is 3.74. The van der Waals surface area contributed by atoms with Gasteiger partial charge in [-0.2, -0.15) is 4.31 Å². The molecule has 1 aromatic carbocycles. The number of thiophene rings is 1. The molecule has 1 saturated heterocycles. The highest BCUT2D eigenvalue weighted by molar-refractivity contribution is 7.91. The summed E-state index contributed by atoms with van der Waals surface area (Å²) < 4.78 is 28.0. The molecule has 1 aliphatic rings. The molecular weight excluding hydrogens is 426 g/mol. The van der Waals surface area contributed by atoms with Gasteiger partial charge in [-0.1, -0.05) is 35.1 Å². The SMILES string of the molecule is O=C(Nc1nc2c(Cl)cccc2s1)C1CCCN(S(=O)(=O)c2cccs2)C1. The normalized spacial score (nSPS) is 18.6. The fourth-order valence-electron chi connectivity index (χ4n) is 3.09. The van der Waals surface area contributed by atoms with E-state index < -0.39 is 15.9 Å². The monoisotopic (exact) mass is 441 g/mol. The highest BCUT2D eigenvalue weighted by atomic mass is 35.5. The van der Waals surface area contributed by atoms with E-state index >= 15 is 0 Å². The summed E-state index contributed by atoms with van der Waals surface area (Å²) >= 11 is 8.67. The van der Waals surface area contributed by atoms with Crippen LogP contribution in [-0.4, -0.2) is 36.7 Å². The van der Waals surface area contributed by atoms with Crippen molar-refractivity contribution >= 4 is 65.6 Å². The first-order chi connectivity index (χ1) is 12.9. The number of hydrogen-bond acceptors (Lipinski definition) is 6. The van der Waals surface area contributed by atoms with Gasteiger partial charge in [0.25, 0.3) is 10.0 Å². The van der Waals surface area contributed by atoms with Gasteiger partial charge in [0.15, 0.2) is 5.13 Å². The lowest BCUT2D eigenvalue weighted by atomic mass is 9.99. The maximum absolute atomic E-state index is 12.7. The molecule has 10 heteroatoms. The van der Waals surface area contributed by atoms with Gasteiger partial charge >= 0.3 is 0 Å². The molecule has 1 atom stereocenters. The zero-order chi connectivity index (χ0) is 19.0. The van der Waals surface area contributed by atoms with Crippen LogP contribution in [0.5, 0.6) is 0 Å². The van der Waals surface area contributed by atoms with Crippen molar-refractivity contribution in [2.24, 2.45) is 5.92 Å². The molecule has 0 bridgehead atoms. The molecule has 2 aromatic heterocycles. The molecule has 1 aliphatic heterocycles. The topological polar surface area (TPSA) is 79.4 Å². The number of anilines is 1. The van der Waals surface area contributed by atoms with Crippen molar-refractivity contribution in [1.82, 2.24) is 9.29 Å². The standard InChI is InChI=1S/C17H16ClN3O3S3/c18-12-5-1-6-13-15(12)19-17(26-13)20-16(22)11-4-2-8-21(10-11)27(23,24)14-7-3-9-25-14/h1,3,5-7,9,11H,2,4,8,10H2,(H,19,20,22). The molecule has 0 radical (unpaired) electrons. The Morgan fingerprint density at radius 2 is 2.15 bits per heavy atom. The van der Waals surface area contributed by atoms with E-state index in [2.05, 4.69) is 10.3 Å². The Labute approximate surface area is 169 Å². The molecule has 1 N–H and O–H groups in total. The molecule has 0 saturated carbocycles. The maximum atomic E-state index is 12.7. The number of sulfonamides is 1. The second kappa shape index (κ2) is 7.48. The van der Waals surface area contributed by atoms with Gasteiger partial charge < -0.3 is 5.32 Å². The van der Waals surface area contributed by atoms with Crippen molar-refractivity contribution in [2.45, 2.75) is 17.1 Å². The van der Waals surface area contributed by atoms with Gasteiger partial charge in [0.05, 0.1) is 15.6 Å². The maximum Gasteiger partial charge on any atom is 0.252 e. The summed E-state index contributed by atoms with van der Waals surface area (Å²) in [5.41, 5.74) is 0.657. The predicted molar refractivity (Wildman–Crippen MR) is 109 cm³/mol. The first kappa shape index (κ1) is 18.8. The van der Waals surface area contributed by atoms with Crippen molar-refractivity contribution in [3.63, 3.8) is 0 Å². The number of para-hydroxylation sites is 1. The Morgan fingerprint density at radius 3 is 2.89 bits per heavy atom. The van der Waals surface area contributed by atoms with Crippen molar-refractivity contribution in [3.05, 3.63) is 40.7 Å². The lowest BCUT2D eigenvalue weighted by molar-refractivity contribution is -0.120. The van der Waals surface area contributed by atoms with Gasteiger partial charge in [-0.05, 0) is 36.4 Å². The van der Waals surface area contributed by atoms with E-state index in [-0.39, 0.29) is 12.5 Å². The second-order valence-corrected chi connectivity index (χ2v) is 10.8. The summed E-state index contributed by atoms with van der Waals surface area (Å²) in [7, 11) is -3.54. The number of halogens is 1. The van der Waals surface area contributed by atoms with Crippen molar-refractivity contribution < 1.29 is 13.2 Å². The summed E-state index contributed by atoms with van der Waals surface area (Å²) in [5, 5.41) is 5.57. The molecule has 142 valence electrons. The number of amides is 1. The van der Waals surface area contributed by atoms with E-state index in [9.17, 15) is 13.2 Å². The smallest absolute Gasteiger partial charge is 0.252 e. The molecule has 1 fully saturated rings. The quantitative estimate of drug-likeness (QED) is 0.662. The van der Waals surface area contributed by atoms with E-state index in [0.29, 0.717) is 39.3 Å². The molecule has 6 nitrogen and oxygen atoms in total. The Bertz CT molecular complexity index is 1080. The third-order valence-corrected chi connectivity index (χ3v) is 8.92. The number of carbonyl (C=O) groups is 1. The first-order valence-corrected chi connectivity index (χ1v) is 11.9. The molecule has 3 heterocycles. The van der Waals surface area contributed by atoms with E-state index in [1.54, 1.807) is 23.6 Å². The summed E-state index contributed by atoms with van der Waals surface area (Å²) in [6, 6.07) is 8.79. The average Bonchev–Trinajstić information content (AvgIpc) is 3.32. The van der Waals surface area contributed by atoms with Crippen LogP contribution in [0.1, 0.15) is 12.8 Å². The van der Waals surface area contributed by atoms with E-state index in [4.69, 9.17) is 11.6 Å². The van der Waals surface area contributed by atoms with Crippen LogP contribution in [0.25, 0.3) is 10.2 Å². The fraction of sp³-hybridized carbons (Fsp3) is 0.294. The molecule has 1 amide bonds. The molecule has 3 aromatic rings. The van der Waals surface area contributed by atoms with Crippen LogP contribution in [0.15, 0.2) is 39.9 Å². The number of thiazole rings is 1. The zero-order valence-electron chi connectivity index (χ0n) is 14.1. The summed E-state index contributed by atoms with van der Waals surface area (Å²) in [6.45, 7) is 0.610. The Morgan fingerprint density at radius 1 is 1.30 bits per heavy atom. The van der Waals surface area contributed by atoms with Crippen LogP contribution in [0, 0.1) is 5.92 Å². The largest absolute Gasteiger partial charge is 0.302 e. The molecule has 4 rings (SSSR count). The third-order valence-electron chi connectivity index (χ3n) is 4.44. The molecule has 0 aliphatic carbocycles. The number of piperidine rings is 1. The summed E-state index contributed by atoms with van der Waals surface area (Å²) in [4.78, 5) is 17.1. The lowest BCUT2D eigenvalue weighted by Gasteiger charge is -2.30. The Balaban J connectivity index is 1.49. The molecule has 27 heavy (non-hydrogen) atoms. The van der Waals surface area contributed by atoms with Gasteiger partial charge in [-0.25, -0.2) is 13.4 Å². The van der Waals surface area contributed by atoms with Crippen molar-refractivity contribution in [3.8, 4) is 0 Å². The number of aromatic nitrogens is 1. The Hall–Kier alpha value is -1.52. The number of nitrogens with zero attached hydrogens (tertiary/aromatic N) is 2. The van der Waals surface area contributed by atoms with Gasteiger partial charge in [0, 0.05) is 13.1 Å². The number of benzene rings is 1. The van der Waals surface area contributed by atoms with Crippen LogP contribution in [0.4, 0.5) is 5.13 Å². The molecule has 0 spiro atoms. The number of hydrogen-bond donors (Lipinski definition) is 1. The minimum absolute atomic E-state index is 0.178. The minimum atomic E-state index is -3.54. The van der Waals surface area contributed by atoms with Crippen LogP contribution in [0.2, 0.25) is 5.02 Å². The Kier molecular flexibility index (Phi) is 5.21. The highest BCUT2D eigenvalue weighted by Gasteiger charge is 2.34. The van der Waals surface area contributed by atoms with Gasteiger partial charge in [0.1, 0.15) is 9.73 Å². The predicted octanol–water partition coefficient (Wildman–Crippen LogP) is 4.05. The van der Waals surface area contributed by atoms with Crippen LogP contribution >= 0.6 is 34.3 Å². The summed E-state index contributed by atoms with van der Waals surface area (Å²) in [6.07, 6.45) is 1.29. The van der Waals surface area contributed by atoms with Crippen molar-refractivity contribution in [2.75, 3.05) is 18.4 Å². The second-order valence-electron chi connectivity index (χ2n) is 6.23. The number of nitrogens with one attached hydrogen (secondary N) is 1. The first-order valence-electron chi connectivity index (χ1n) is 8.35. The van der Waals surface area contributed by atoms with E-state index in [1.807, 2.05) is 12.1 Å². The van der Waals surface area contributed by atoms with E-state index in [1.165, 1.54) is 27.0 Å². The number of carbonyl (C=O) groups excluding carboxylic acids is 1. The van der Waals surface area contributed by atoms with E-state index in [0.717, 1.165) is 4.70 Å². The highest BCUT2D eigenvalue weighted by Crippen LogP contribution is 2.32. The average molecular weight is 442 g/mol. The molecule has 1 unspecified atom stereocenters. The van der Waals surface area contributed by atoms with Crippen LogP contribution in [-0.2, 0) is 14.8 Å². The van der Waals surface area contributed by atoms with Gasteiger partial charge in [-0.15, -0.1) is 11.3 Å². The zero-order valence-corrected chi connectivity index (χ0v) is 17.3. The fourth-order valence-corrected chi connectivity index (χ4v) is 6.93. The number of fused-ring (bicyclic) bond motifs is 1. The number of rotatable bonds is 4. The minimum Gasteiger partial charge on any atom is -0.302 e.